The number of amides is 1. The lowest BCUT2D eigenvalue weighted by atomic mass is 10.1. The summed E-state index contributed by atoms with van der Waals surface area (Å²) in [5.41, 5.74) is 3.24. The highest BCUT2D eigenvalue weighted by Gasteiger charge is 2.11. The van der Waals surface area contributed by atoms with Crippen molar-refractivity contribution < 1.29 is 9.53 Å². The van der Waals surface area contributed by atoms with E-state index in [0.29, 0.717) is 23.1 Å². The van der Waals surface area contributed by atoms with E-state index in [9.17, 15) is 4.79 Å². The van der Waals surface area contributed by atoms with Crippen LogP contribution in [0.25, 0.3) is 22.2 Å². The number of hydrogen-bond acceptors (Lipinski definition) is 5. The first kappa shape index (κ1) is 17.2. The minimum Gasteiger partial charge on any atom is -0.480 e. The molecule has 0 bridgehead atoms. The number of aromatic amines is 1. The SMILES string of the molecule is CNCC(=O)NCc1cc2cc(Cl)c(-c3cnc(OC)cn3)cc2[nH]1. The van der Waals surface area contributed by atoms with E-state index < -0.39 is 0 Å². The van der Waals surface area contributed by atoms with Gasteiger partial charge in [0.25, 0.3) is 0 Å². The van der Waals surface area contributed by atoms with Crippen molar-refractivity contribution in [2.75, 3.05) is 20.7 Å². The molecule has 0 unspecified atom stereocenters. The van der Waals surface area contributed by atoms with Crippen molar-refractivity contribution in [3.8, 4) is 17.1 Å². The molecule has 0 aliphatic carbocycles. The summed E-state index contributed by atoms with van der Waals surface area (Å²) in [6.07, 6.45) is 3.17. The summed E-state index contributed by atoms with van der Waals surface area (Å²) < 4.78 is 5.02. The van der Waals surface area contributed by atoms with E-state index in [1.54, 1.807) is 26.6 Å². The summed E-state index contributed by atoms with van der Waals surface area (Å²) in [5.74, 6) is 0.383. The number of rotatable bonds is 6. The third-order valence-corrected chi connectivity index (χ3v) is 4.00. The first-order chi connectivity index (χ1) is 12.1. The average Bonchev–Trinajstić information content (AvgIpc) is 3.01. The molecule has 1 aromatic carbocycles. The van der Waals surface area contributed by atoms with Gasteiger partial charge in [0.1, 0.15) is 0 Å². The van der Waals surface area contributed by atoms with Crippen molar-refractivity contribution in [3.05, 3.63) is 41.3 Å². The summed E-state index contributed by atoms with van der Waals surface area (Å²) in [5, 5.41) is 7.19. The second-order valence-corrected chi connectivity index (χ2v) is 5.87. The second kappa shape index (κ2) is 7.50. The first-order valence-corrected chi connectivity index (χ1v) is 8.07. The molecule has 0 atom stereocenters. The maximum Gasteiger partial charge on any atom is 0.234 e. The molecule has 3 aromatic rings. The zero-order chi connectivity index (χ0) is 17.8. The number of fused-ring (bicyclic) bond motifs is 1. The van der Waals surface area contributed by atoms with Crippen LogP contribution in [-0.2, 0) is 11.3 Å². The lowest BCUT2D eigenvalue weighted by Gasteiger charge is -2.05. The Morgan fingerprint density at radius 2 is 2.12 bits per heavy atom. The van der Waals surface area contributed by atoms with Gasteiger partial charge in [-0.2, -0.15) is 0 Å². The molecular formula is C17H18ClN5O2. The fourth-order valence-electron chi connectivity index (χ4n) is 2.48. The van der Waals surface area contributed by atoms with Gasteiger partial charge in [-0.25, -0.2) is 9.97 Å². The van der Waals surface area contributed by atoms with Crippen molar-refractivity contribution in [1.82, 2.24) is 25.6 Å². The fourth-order valence-corrected chi connectivity index (χ4v) is 2.75. The number of benzene rings is 1. The third kappa shape index (κ3) is 3.89. The Kier molecular flexibility index (Phi) is 5.16. The number of carbonyl (C=O) groups excluding carboxylic acids is 1. The third-order valence-electron chi connectivity index (χ3n) is 3.69. The maximum atomic E-state index is 11.5. The van der Waals surface area contributed by atoms with Crippen LogP contribution in [0.1, 0.15) is 5.69 Å². The normalized spacial score (nSPS) is 10.8. The van der Waals surface area contributed by atoms with Crippen LogP contribution in [0.15, 0.2) is 30.6 Å². The Hall–Kier alpha value is -2.64. The Labute approximate surface area is 149 Å². The lowest BCUT2D eigenvalue weighted by Crippen LogP contribution is -2.31. The van der Waals surface area contributed by atoms with Crippen molar-refractivity contribution in [2.24, 2.45) is 0 Å². The Morgan fingerprint density at radius 3 is 2.80 bits per heavy atom. The molecule has 25 heavy (non-hydrogen) atoms. The van der Waals surface area contributed by atoms with Crippen LogP contribution in [0.4, 0.5) is 0 Å². The highest BCUT2D eigenvalue weighted by molar-refractivity contribution is 6.34. The number of nitrogens with one attached hydrogen (secondary N) is 3. The molecule has 0 fully saturated rings. The molecule has 2 aromatic heterocycles. The summed E-state index contributed by atoms with van der Waals surface area (Å²) in [7, 11) is 3.27. The number of H-pyrrole nitrogens is 1. The van der Waals surface area contributed by atoms with Crippen LogP contribution in [0.2, 0.25) is 5.02 Å². The summed E-state index contributed by atoms with van der Waals surface area (Å²) in [6.45, 7) is 0.705. The number of ether oxygens (including phenoxy) is 1. The fraction of sp³-hybridized carbons (Fsp3) is 0.235. The summed E-state index contributed by atoms with van der Waals surface area (Å²) >= 11 is 6.40. The number of methoxy groups -OCH3 is 1. The van der Waals surface area contributed by atoms with E-state index in [4.69, 9.17) is 16.3 Å². The highest BCUT2D eigenvalue weighted by atomic mass is 35.5. The minimum atomic E-state index is -0.0617. The van der Waals surface area contributed by atoms with Crippen LogP contribution in [0, 0.1) is 0 Å². The molecule has 0 radical (unpaired) electrons. The minimum absolute atomic E-state index is 0.0617. The quantitative estimate of drug-likeness (QED) is 0.627. The topological polar surface area (TPSA) is 91.9 Å². The molecule has 0 spiro atoms. The molecule has 130 valence electrons. The molecule has 0 aliphatic heterocycles. The zero-order valence-corrected chi connectivity index (χ0v) is 14.6. The van der Waals surface area contributed by atoms with Crippen molar-refractivity contribution >= 4 is 28.4 Å². The van der Waals surface area contributed by atoms with E-state index >= 15 is 0 Å². The van der Waals surface area contributed by atoms with Gasteiger partial charge < -0.3 is 20.4 Å². The first-order valence-electron chi connectivity index (χ1n) is 7.69. The predicted molar refractivity (Wildman–Crippen MR) is 96.7 cm³/mol. The standard InChI is InChI=1S/C17H18ClN5O2/c1-19-8-16(24)21-6-11-3-10-4-13(18)12(5-14(10)23-11)15-7-22-17(25-2)9-20-15/h3-5,7,9,19,23H,6,8H2,1-2H3,(H,21,24). The van der Waals surface area contributed by atoms with Gasteiger partial charge in [0.2, 0.25) is 11.8 Å². The van der Waals surface area contributed by atoms with Gasteiger partial charge in [0, 0.05) is 22.2 Å². The van der Waals surface area contributed by atoms with Crippen LogP contribution in [-0.4, -0.2) is 41.6 Å². The molecule has 3 N–H and O–H groups in total. The summed E-state index contributed by atoms with van der Waals surface area (Å²) in [6, 6.07) is 5.75. The molecule has 8 heteroatoms. The van der Waals surface area contributed by atoms with Gasteiger partial charge in [0.15, 0.2) is 0 Å². The van der Waals surface area contributed by atoms with Crippen molar-refractivity contribution in [1.29, 1.82) is 0 Å². The number of halogens is 1. The summed E-state index contributed by atoms with van der Waals surface area (Å²) in [4.78, 5) is 23.3. The second-order valence-electron chi connectivity index (χ2n) is 5.46. The molecule has 0 aliphatic rings. The van der Waals surface area contributed by atoms with Crippen LogP contribution in [0.3, 0.4) is 0 Å². The van der Waals surface area contributed by atoms with Crippen LogP contribution >= 0.6 is 11.6 Å². The van der Waals surface area contributed by atoms with E-state index in [-0.39, 0.29) is 12.5 Å². The van der Waals surface area contributed by atoms with Gasteiger partial charge in [-0.15, -0.1) is 0 Å². The predicted octanol–water partition coefficient (Wildman–Crippen LogP) is 2.12. The van der Waals surface area contributed by atoms with Gasteiger partial charge in [-0.05, 0) is 25.2 Å². The zero-order valence-electron chi connectivity index (χ0n) is 13.9. The van der Waals surface area contributed by atoms with Gasteiger partial charge in [0.05, 0.1) is 43.3 Å². The van der Waals surface area contributed by atoms with Gasteiger partial charge in [-0.3, -0.25) is 4.79 Å². The Balaban J connectivity index is 1.86. The smallest absolute Gasteiger partial charge is 0.234 e. The maximum absolute atomic E-state index is 11.5. The number of likely N-dealkylation sites (N-methyl/N-ethyl adjacent to an activating group) is 1. The van der Waals surface area contributed by atoms with E-state index in [2.05, 4.69) is 25.6 Å². The molecular weight excluding hydrogens is 342 g/mol. The van der Waals surface area contributed by atoms with Gasteiger partial charge in [-0.1, -0.05) is 11.6 Å². The molecule has 3 rings (SSSR count). The van der Waals surface area contributed by atoms with E-state index in [1.807, 2.05) is 18.2 Å². The van der Waals surface area contributed by atoms with E-state index in [1.165, 1.54) is 0 Å². The molecule has 1 amide bonds. The van der Waals surface area contributed by atoms with E-state index in [0.717, 1.165) is 22.2 Å². The van der Waals surface area contributed by atoms with Crippen LogP contribution in [0.5, 0.6) is 5.88 Å². The van der Waals surface area contributed by atoms with Crippen LogP contribution < -0.4 is 15.4 Å². The van der Waals surface area contributed by atoms with Crippen molar-refractivity contribution in [3.63, 3.8) is 0 Å². The lowest BCUT2D eigenvalue weighted by molar-refractivity contribution is -0.120. The largest absolute Gasteiger partial charge is 0.480 e. The molecule has 7 nitrogen and oxygen atoms in total. The average molecular weight is 360 g/mol. The monoisotopic (exact) mass is 359 g/mol. The highest BCUT2D eigenvalue weighted by Crippen LogP contribution is 2.31. The number of hydrogen-bond donors (Lipinski definition) is 3. The molecule has 0 saturated carbocycles. The number of nitrogens with zero attached hydrogens (tertiary/aromatic N) is 2. The number of carbonyl (C=O) groups is 1. The molecule has 0 saturated heterocycles. The Bertz CT molecular complexity index is 892. The molecule has 2 heterocycles. The van der Waals surface area contributed by atoms with Crippen molar-refractivity contribution in [2.45, 2.75) is 6.54 Å². The number of aromatic nitrogens is 3. The van der Waals surface area contributed by atoms with Gasteiger partial charge >= 0.3 is 0 Å². The Morgan fingerprint density at radius 1 is 1.28 bits per heavy atom.